The highest BCUT2D eigenvalue weighted by Gasteiger charge is 2.09. The number of methoxy groups -OCH3 is 1. The fourth-order valence-electron chi connectivity index (χ4n) is 2.09. The van der Waals surface area contributed by atoms with Crippen LogP contribution in [0.2, 0.25) is 0 Å². The molecule has 23 heavy (non-hydrogen) atoms. The number of hydrogen-bond donors (Lipinski definition) is 1. The van der Waals surface area contributed by atoms with Gasteiger partial charge in [0.2, 0.25) is 0 Å². The van der Waals surface area contributed by atoms with Gasteiger partial charge < -0.3 is 10.1 Å². The lowest BCUT2D eigenvalue weighted by Gasteiger charge is -2.07. The second-order valence-electron chi connectivity index (χ2n) is 4.85. The number of benzene rings is 2. The predicted molar refractivity (Wildman–Crippen MR) is 88.4 cm³/mol. The first-order chi connectivity index (χ1) is 11.3. The zero-order valence-electron chi connectivity index (χ0n) is 12.6. The van der Waals surface area contributed by atoms with Crippen LogP contribution >= 0.6 is 0 Å². The number of ether oxygens (including phenoxy) is 1. The van der Waals surface area contributed by atoms with Crippen molar-refractivity contribution in [2.45, 2.75) is 0 Å². The van der Waals surface area contributed by atoms with E-state index in [9.17, 15) is 4.79 Å². The van der Waals surface area contributed by atoms with E-state index < -0.39 is 0 Å². The summed E-state index contributed by atoms with van der Waals surface area (Å²) in [6.07, 6.45) is 3.04. The second kappa shape index (κ2) is 6.70. The van der Waals surface area contributed by atoms with Crippen LogP contribution < -0.4 is 10.1 Å². The van der Waals surface area contributed by atoms with Gasteiger partial charge >= 0.3 is 0 Å². The molecule has 1 amide bonds. The highest BCUT2D eigenvalue weighted by molar-refractivity contribution is 6.04. The quantitative estimate of drug-likeness (QED) is 0.802. The zero-order chi connectivity index (χ0) is 16.1. The van der Waals surface area contributed by atoms with Crippen LogP contribution in [0.25, 0.3) is 11.4 Å². The summed E-state index contributed by atoms with van der Waals surface area (Å²) in [6.45, 7) is 0. The molecule has 5 heteroatoms. The Kier molecular flexibility index (Phi) is 4.29. The number of amides is 1. The summed E-state index contributed by atoms with van der Waals surface area (Å²) in [5, 5.41) is 2.79. The summed E-state index contributed by atoms with van der Waals surface area (Å²) in [6, 6.07) is 16.8. The molecule has 5 nitrogen and oxygen atoms in total. The summed E-state index contributed by atoms with van der Waals surface area (Å²) >= 11 is 0. The van der Waals surface area contributed by atoms with Gasteiger partial charge in [-0.1, -0.05) is 36.4 Å². The molecule has 0 radical (unpaired) electrons. The molecule has 114 valence electrons. The molecule has 0 unspecified atom stereocenters. The van der Waals surface area contributed by atoms with Crippen molar-refractivity contribution in [3.63, 3.8) is 0 Å². The number of rotatable bonds is 4. The van der Waals surface area contributed by atoms with Crippen molar-refractivity contribution in [3.05, 3.63) is 72.6 Å². The molecule has 1 N–H and O–H groups in total. The molecule has 1 aromatic heterocycles. The third-order valence-electron chi connectivity index (χ3n) is 3.27. The molecule has 0 fully saturated rings. The number of carbonyl (C=O) groups excluding carboxylic acids is 1. The molecule has 3 aromatic rings. The number of aromatic nitrogens is 2. The van der Waals surface area contributed by atoms with Crippen LogP contribution in [0, 0.1) is 0 Å². The Morgan fingerprint density at radius 3 is 2.43 bits per heavy atom. The number of hydrogen-bond acceptors (Lipinski definition) is 4. The van der Waals surface area contributed by atoms with Crippen LogP contribution in [0.1, 0.15) is 10.4 Å². The van der Waals surface area contributed by atoms with Crippen molar-refractivity contribution in [1.29, 1.82) is 0 Å². The summed E-state index contributed by atoms with van der Waals surface area (Å²) < 4.78 is 5.13. The highest BCUT2D eigenvalue weighted by atomic mass is 16.5. The van der Waals surface area contributed by atoms with E-state index in [-0.39, 0.29) is 5.91 Å². The van der Waals surface area contributed by atoms with Crippen molar-refractivity contribution in [1.82, 2.24) is 9.97 Å². The smallest absolute Gasteiger partial charge is 0.258 e. The summed E-state index contributed by atoms with van der Waals surface area (Å²) in [7, 11) is 1.58. The van der Waals surface area contributed by atoms with Gasteiger partial charge in [-0.15, -0.1) is 0 Å². The van der Waals surface area contributed by atoms with Gasteiger partial charge in [0.05, 0.1) is 12.7 Å². The van der Waals surface area contributed by atoms with Crippen LogP contribution in [0.5, 0.6) is 5.75 Å². The van der Waals surface area contributed by atoms with E-state index in [0.717, 1.165) is 5.56 Å². The molecule has 1 heterocycles. The molecule has 0 bridgehead atoms. The number of carbonyl (C=O) groups is 1. The lowest BCUT2D eigenvalue weighted by atomic mass is 10.2. The third kappa shape index (κ3) is 3.52. The van der Waals surface area contributed by atoms with E-state index in [2.05, 4.69) is 15.3 Å². The molecule has 0 saturated carbocycles. The molecule has 0 atom stereocenters. The van der Waals surface area contributed by atoms with Gasteiger partial charge in [0, 0.05) is 29.7 Å². The minimum Gasteiger partial charge on any atom is -0.497 e. The highest BCUT2D eigenvalue weighted by Crippen LogP contribution is 2.18. The molecule has 0 saturated heterocycles. The average Bonchev–Trinajstić information content (AvgIpc) is 2.63. The fraction of sp³-hybridized carbons (Fsp3) is 0.0556. The number of anilines is 1. The maximum Gasteiger partial charge on any atom is 0.258 e. The first-order valence-corrected chi connectivity index (χ1v) is 7.09. The first kappa shape index (κ1) is 14.7. The van der Waals surface area contributed by atoms with Crippen LogP contribution in [0.4, 0.5) is 5.69 Å². The zero-order valence-corrected chi connectivity index (χ0v) is 12.6. The lowest BCUT2D eigenvalue weighted by molar-refractivity contribution is 0.102. The van der Waals surface area contributed by atoms with E-state index >= 15 is 0 Å². The molecule has 0 spiro atoms. The molecular weight excluding hydrogens is 290 g/mol. The molecule has 0 aliphatic carbocycles. The van der Waals surface area contributed by atoms with Crippen LogP contribution in [-0.4, -0.2) is 23.0 Å². The minimum absolute atomic E-state index is 0.266. The van der Waals surface area contributed by atoms with E-state index in [1.165, 1.54) is 12.4 Å². The normalized spacial score (nSPS) is 10.1. The number of nitrogens with one attached hydrogen (secondary N) is 1. The van der Waals surface area contributed by atoms with Gasteiger partial charge in [-0.05, 0) is 12.1 Å². The standard InChI is InChI=1S/C18H15N3O2/c1-23-16-9-5-8-15(10-16)21-18(22)14-11-19-17(20-12-14)13-6-3-2-4-7-13/h2-12H,1H3,(H,21,22). The Morgan fingerprint density at radius 1 is 1.00 bits per heavy atom. The van der Waals surface area contributed by atoms with Crippen molar-refractivity contribution in [2.24, 2.45) is 0 Å². The van der Waals surface area contributed by atoms with Crippen LogP contribution in [-0.2, 0) is 0 Å². The van der Waals surface area contributed by atoms with Crippen molar-refractivity contribution < 1.29 is 9.53 Å². The van der Waals surface area contributed by atoms with Gasteiger partial charge in [-0.25, -0.2) is 9.97 Å². The molecule has 0 aliphatic rings. The number of nitrogens with zero attached hydrogens (tertiary/aromatic N) is 2. The van der Waals surface area contributed by atoms with Gasteiger partial charge in [0.1, 0.15) is 5.75 Å². The average molecular weight is 305 g/mol. The molecule has 3 rings (SSSR count). The lowest BCUT2D eigenvalue weighted by Crippen LogP contribution is -2.12. The third-order valence-corrected chi connectivity index (χ3v) is 3.27. The van der Waals surface area contributed by atoms with E-state index in [1.807, 2.05) is 42.5 Å². The maximum absolute atomic E-state index is 12.2. The molecule has 2 aromatic carbocycles. The topological polar surface area (TPSA) is 64.1 Å². The first-order valence-electron chi connectivity index (χ1n) is 7.09. The minimum atomic E-state index is -0.266. The fourth-order valence-corrected chi connectivity index (χ4v) is 2.09. The Balaban J connectivity index is 1.75. The second-order valence-corrected chi connectivity index (χ2v) is 4.85. The van der Waals surface area contributed by atoms with Gasteiger partial charge in [-0.3, -0.25) is 4.79 Å². The SMILES string of the molecule is COc1cccc(NC(=O)c2cnc(-c3ccccc3)nc2)c1. The van der Waals surface area contributed by atoms with Gasteiger partial charge in [0.15, 0.2) is 5.82 Å². The monoisotopic (exact) mass is 305 g/mol. The summed E-state index contributed by atoms with van der Waals surface area (Å²) in [5.41, 5.74) is 1.96. The Hall–Kier alpha value is -3.21. The Labute approximate surface area is 134 Å². The molecule has 0 aliphatic heterocycles. The van der Waals surface area contributed by atoms with E-state index in [4.69, 9.17) is 4.74 Å². The Morgan fingerprint density at radius 2 is 1.74 bits per heavy atom. The van der Waals surface area contributed by atoms with Crippen LogP contribution in [0.3, 0.4) is 0 Å². The van der Waals surface area contributed by atoms with Crippen molar-refractivity contribution in [3.8, 4) is 17.1 Å². The van der Waals surface area contributed by atoms with Crippen molar-refractivity contribution in [2.75, 3.05) is 12.4 Å². The van der Waals surface area contributed by atoms with Crippen molar-refractivity contribution >= 4 is 11.6 Å². The van der Waals surface area contributed by atoms with E-state index in [1.54, 1.807) is 19.2 Å². The van der Waals surface area contributed by atoms with Gasteiger partial charge in [-0.2, -0.15) is 0 Å². The van der Waals surface area contributed by atoms with Gasteiger partial charge in [0.25, 0.3) is 5.91 Å². The van der Waals surface area contributed by atoms with Crippen LogP contribution in [0.15, 0.2) is 67.0 Å². The Bertz CT molecular complexity index is 802. The predicted octanol–water partition coefficient (Wildman–Crippen LogP) is 3.40. The van der Waals surface area contributed by atoms with E-state index in [0.29, 0.717) is 22.8 Å². The largest absolute Gasteiger partial charge is 0.497 e. The summed E-state index contributed by atoms with van der Waals surface area (Å²) in [5.74, 6) is 1.000. The summed E-state index contributed by atoms with van der Waals surface area (Å²) in [4.78, 5) is 20.7. The maximum atomic E-state index is 12.2. The molecular formula is C18H15N3O2.